The van der Waals surface area contributed by atoms with E-state index in [9.17, 15) is 4.79 Å². The molecule has 2 aromatic carbocycles. The second kappa shape index (κ2) is 6.84. The Morgan fingerprint density at radius 1 is 0.900 bits per heavy atom. The van der Waals surface area contributed by atoms with Crippen LogP contribution in [0.3, 0.4) is 0 Å². The van der Waals surface area contributed by atoms with Crippen LogP contribution in [0.5, 0.6) is 0 Å². The number of rotatable bonds is 5. The van der Waals surface area contributed by atoms with Crippen LogP contribution >= 0.6 is 0 Å². The van der Waals surface area contributed by atoms with Gasteiger partial charge in [0.05, 0.1) is 13.2 Å². The Hall–Kier alpha value is -2.17. The summed E-state index contributed by atoms with van der Waals surface area (Å²) in [6.07, 6.45) is 0. The number of aliphatic hydroxyl groups is 2. The summed E-state index contributed by atoms with van der Waals surface area (Å²) in [4.78, 5) is 11.9. The Bertz CT molecular complexity index is 579. The molecular weight excluding hydrogens is 254 g/mol. The maximum atomic E-state index is 11.9. The van der Waals surface area contributed by atoms with Crippen LogP contribution in [0, 0.1) is 0 Å². The second-order valence-electron chi connectivity index (χ2n) is 4.52. The zero-order valence-electron chi connectivity index (χ0n) is 11.0. The van der Waals surface area contributed by atoms with Crippen molar-refractivity contribution in [3.63, 3.8) is 0 Å². The van der Waals surface area contributed by atoms with Crippen LogP contribution in [-0.2, 0) is 19.8 Å². The van der Waals surface area contributed by atoms with E-state index in [1.54, 1.807) is 24.3 Å². The predicted octanol–water partition coefficient (Wildman–Crippen LogP) is 1.60. The van der Waals surface area contributed by atoms with Crippen LogP contribution in [0.25, 0.3) is 0 Å². The molecule has 0 unspecified atom stereocenters. The molecule has 4 nitrogen and oxygen atoms in total. The van der Waals surface area contributed by atoms with Gasteiger partial charge in [-0.3, -0.25) is 4.79 Å². The van der Waals surface area contributed by atoms with Gasteiger partial charge in [0.1, 0.15) is 0 Å². The third kappa shape index (κ3) is 3.66. The summed E-state index contributed by atoms with van der Waals surface area (Å²) in [5, 5.41) is 20.8. The Kier molecular flexibility index (Phi) is 4.87. The minimum atomic E-state index is -0.163. The Balaban J connectivity index is 1.97. The number of amides is 1. The van der Waals surface area contributed by atoms with E-state index in [0.717, 1.165) is 16.7 Å². The molecule has 0 saturated carbocycles. The lowest BCUT2D eigenvalue weighted by atomic mass is 10.1. The minimum absolute atomic E-state index is 0.00952. The summed E-state index contributed by atoms with van der Waals surface area (Å²) in [5.41, 5.74) is 3.10. The molecule has 0 heterocycles. The Morgan fingerprint density at radius 2 is 1.55 bits per heavy atom. The molecule has 1 amide bonds. The van der Waals surface area contributed by atoms with Gasteiger partial charge < -0.3 is 15.5 Å². The largest absolute Gasteiger partial charge is 0.392 e. The average Bonchev–Trinajstić information content (AvgIpc) is 2.53. The standard InChI is InChI=1S/C16H17NO3/c18-10-12-4-6-15(7-5-12)16(20)17-9-13-2-1-3-14(8-13)11-19/h1-8,18-19H,9-11H2,(H,17,20). The smallest absolute Gasteiger partial charge is 0.251 e. The van der Waals surface area contributed by atoms with Crippen molar-refractivity contribution in [2.45, 2.75) is 19.8 Å². The highest BCUT2D eigenvalue weighted by Crippen LogP contribution is 2.07. The predicted molar refractivity (Wildman–Crippen MR) is 75.9 cm³/mol. The molecule has 0 aliphatic carbocycles. The molecular formula is C16H17NO3. The van der Waals surface area contributed by atoms with Crippen LogP contribution in [0.4, 0.5) is 0 Å². The fourth-order valence-electron chi connectivity index (χ4n) is 1.88. The van der Waals surface area contributed by atoms with Crippen LogP contribution in [0.1, 0.15) is 27.0 Å². The molecule has 0 atom stereocenters. The van der Waals surface area contributed by atoms with Crippen molar-refractivity contribution in [2.75, 3.05) is 0 Å². The third-order valence-electron chi connectivity index (χ3n) is 3.03. The third-order valence-corrected chi connectivity index (χ3v) is 3.03. The summed E-state index contributed by atoms with van der Waals surface area (Å²) < 4.78 is 0. The quantitative estimate of drug-likeness (QED) is 0.773. The number of carbonyl (C=O) groups excluding carboxylic acids is 1. The van der Waals surface area contributed by atoms with E-state index in [2.05, 4.69) is 5.32 Å². The van der Waals surface area contributed by atoms with Gasteiger partial charge in [-0.2, -0.15) is 0 Å². The van der Waals surface area contributed by atoms with Crippen molar-refractivity contribution in [2.24, 2.45) is 0 Å². The zero-order chi connectivity index (χ0) is 14.4. The van der Waals surface area contributed by atoms with Crippen molar-refractivity contribution < 1.29 is 15.0 Å². The number of nitrogens with one attached hydrogen (secondary N) is 1. The van der Waals surface area contributed by atoms with Gasteiger partial charge >= 0.3 is 0 Å². The van der Waals surface area contributed by atoms with Gasteiger partial charge in [0, 0.05) is 12.1 Å². The molecule has 20 heavy (non-hydrogen) atoms. The highest BCUT2D eigenvalue weighted by molar-refractivity contribution is 5.94. The van der Waals surface area contributed by atoms with Gasteiger partial charge in [-0.1, -0.05) is 36.4 Å². The number of hydrogen-bond acceptors (Lipinski definition) is 3. The van der Waals surface area contributed by atoms with Gasteiger partial charge in [0.25, 0.3) is 5.91 Å². The lowest BCUT2D eigenvalue weighted by Gasteiger charge is -2.07. The topological polar surface area (TPSA) is 69.6 Å². The van der Waals surface area contributed by atoms with E-state index in [4.69, 9.17) is 10.2 Å². The first-order valence-corrected chi connectivity index (χ1v) is 6.39. The van der Waals surface area contributed by atoms with E-state index in [1.165, 1.54) is 0 Å². The van der Waals surface area contributed by atoms with Gasteiger partial charge in [-0.05, 0) is 28.8 Å². The number of hydrogen-bond donors (Lipinski definition) is 3. The Labute approximate surface area is 117 Å². The monoisotopic (exact) mass is 271 g/mol. The molecule has 0 spiro atoms. The molecule has 0 saturated heterocycles. The lowest BCUT2D eigenvalue weighted by Crippen LogP contribution is -2.22. The van der Waals surface area contributed by atoms with E-state index in [1.807, 2.05) is 24.3 Å². The lowest BCUT2D eigenvalue weighted by molar-refractivity contribution is 0.0951. The van der Waals surface area contributed by atoms with E-state index in [0.29, 0.717) is 12.1 Å². The summed E-state index contributed by atoms with van der Waals surface area (Å²) >= 11 is 0. The molecule has 0 aliphatic heterocycles. The highest BCUT2D eigenvalue weighted by atomic mass is 16.3. The molecule has 3 N–H and O–H groups in total. The summed E-state index contributed by atoms with van der Waals surface area (Å²) in [7, 11) is 0. The summed E-state index contributed by atoms with van der Waals surface area (Å²) in [6.45, 7) is 0.370. The van der Waals surface area contributed by atoms with Crippen molar-refractivity contribution in [3.8, 4) is 0 Å². The van der Waals surface area contributed by atoms with Crippen molar-refractivity contribution in [1.82, 2.24) is 5.32 Å². The first kappa shape index (κ1) is 14.2. The maximum absolute atomic E-state index is 11.9. The SMILES string of the molecule is O=C(NCc1cccc(CO)c1)c1ccc(CO)cc1. The van der Waals surface area contributed by atoms with Gasteiger partial charge in [-0.15, -0.1) is 0 Å². The van der Waals surface area contributed by atoms with Crippen LogP contribution in [0.15, 0.2) is 48.5 Å². The molecule has 0 fully saturated rings. The summed E-state index contributed by atoms with van der Waals surface area (Å²) in [6, 6.07) is 14.3. The number of carbonyl (C=O) groups is 1. The zero-order valence-corrected chi connectivity index (χ0v) is 11.0. The number of aliphatic hydroxyl groups excluding tert-OH is 2. The van der Waals surface area contributed by atoms with Crippen molar-refractivity contribution >= 4 is 5.91 Å². The van der Waals surface area contributed by atoms with E-state index in [-0.39, 0.29) is 19.1 Å². The average molecular weight is 271 g/mol. The molecule has 0 radical (unpaired) electrons. The molecule has 2 aromatic rings. The van der Waals surface area contributed by atoms with Gasteiger partial charge in [0.2, 0.25) is 0 Å². The van der Waals surface area contributed by atoms with Crippen LogP contribution < -0.4 is 5.32 Å². The van der Waals surface area contributed by atoms with Crippen LogP contribution in [-0.4, -0.2) is 16.1 Å². The maximum Gasteiger partial charge on any atom is 0.251 e. The molecule has 104 valence electrons. The van der Waals surface area contributed by atoms with Crippen molar-refractivity contribution in [1.29, 1.82) is 0 Å². The second-order valence-corrected chi connectivity index (χ2v) is 4.52. The summed E-state index contributed by atoms with van der Waals surface area (Å²) in [5.74, 6) is -0.163. The van der Waals surface area contributed by atoms with E-state index < -0.39 is 0 Å². The van der Waals surface area contributed by atoms with Crippen LogP contribution in [0.2, 0.25) is 0 Å². The molecule has 4 heteroatoms. The fourth-order valence-corrected chi connectivity index (χ4v) is 1.88. The minimum Gasteiger partial charge on any atom is -0.392 e. The highest BCUT2D eigenvalue weighted by Gasteiger charge is 2.05. The van der Waals surface area contributed by atoms with Gasteiger partial charge in [-0.25, -0.2) is 0 Å². The van der Waals surface area contributed by atoms with Crippen molar-refractivity contribution in [3.05, 3.63) is 70.8 Å². The first-order chi connectivity index (χ1) is 9.72. The Morgan fingerprint density at radius 3 is 2.20 bits per heavy atom. The normalized spacial score (nSPS) is 10.3. The van der Waals surface area contributed by atoms with Gasteiger partial charge in [0.15, 0.2) is 0 Å². The molecule has 2 rings (SSSR count). The number of benzene rings is 2. The fraction of sp³-hybridized carbons (Fsp3) is 0.188. The molecule has 0 aromatic heterocycles. The molecule has 0 aliphatic rings. The van der Waals surface area contributed by atoms with E-state index >= 15 is 0 Å². The molecule has 0 bridgehead atoms. The first-order valence-electron chi connectivity index (χ1n) is 6.39.